The van der Waals surface area contributed by atoms with Crippen LogP contribution in [0.5, 0.6) is 5.75 Å². The molecule has 106 valence electrons. The number of esters is 1. The number of ether oxygens (including phenoxy) is 2. The number of fused-ring (bicyclic) bond motifs is 1. The highest BCUT2D eigenvalue weighted by Gasteiger charge is 2.39. The van der Waals surface area contributed by atoms with Gasteiger partial charge in [0.15, 0.2) is 0 Å². The van der Waals surface area contributed by atoms with Gasteiger partial charge in [-0.15, -0.1) is 0 Å². The van der Waals surface area contributed by atoms with Crippen molar-refractivity contribution in [1.82, 2.24) is 0 Å². The molecular weight excluding hydrogens is 270 g/mol. The molecule has 1 aromatic rings. The smallest absolute Gasteiger partial charge is 0.340 e. The summed E-state index contributed by atoms with van der Waals surface area (Å²) in [4.78, 5) is 12.1. The monoisotopic (exact) mass is 283 g/mol. The Morgan fingerprint density at radius 2 is 2.10 bits per heavy atom. The maximum atomic E-state index is 12.1. The third-order valence-electron chi connectivity index (χ3n) is 3.16. The van der Waals surface area contributed by atoms with Gasteiger partial charge in [0.25, 0.3) is 0 Å². The summed E-state index contributed by atoms with van der Waals surface area (Å²) in [6.07, 6.45) is 0. The van der Waals surface area contributed by atoms with E-state index >= 15 is 0 Å². The van der Waals surface area contributed by atoms with E-state index in [2.05, 4.69) is 0 Å². The minimum absolute atomic E-state index is 0.0173. The van der Waals surface area contributed by atoms with E-state index in [0.29, 0.717) is 11.3 Å². The molecule has 1 atom stereocenters. The van der Waals surface area contributed by atoms with Gasteiger partial charge in [0.2, 0.25) is 5.88 Å². The summed E-state index contributed by atoms with van der Waals surface area (Å²) in [5, 5.41) is 18.4. The number of benzene rings is 1. The molecule has 0 fully saturated rings. The van der Waals surface area contributed by atoms with Crippen LogP contribution in [0.15, 0.2) is 35.7 Å². The van der Waals surface area contributed by atoms with Crippen molar-refractivity contribution in [2.75, 3.05) is 6.61 Å². The first-order valence-corrected chi connectivity index (χ1v) is 6.36. The van der Waals surface area contributed by atoms with Gasteiger partial charge in [-0.1, -0.05) is 18.2 Å². The number of nitrogens with two attached hydrogens (primary N) is 1. The van der Waals surface area contributed by atoms with Crippen molar-refractivity contribution in [3.05, 3.63) is 41.3 Å². The molecule has 0 radical (unpaired) electrons. The van der Waals surface area contributed by atoms with E-state index in [1.165, 1.54) is 0 Å². The molecule has 2 N–H and O–H groups in total. The first-order chi connectivity index (χ1) is 10.1. The van der Waals surface area contributed by atoms with Crippen molar-refractivity contribution >= 4 is 5.97 Å². The molecule has 0 aromatic heterocycles. The number of carbonyl (C=O) groups excluding carboxylic acids is 1. The lowest BCUT2D eigenvalue weighted by molar-refractivity contribution is -0.139. The van der Waals surface area contributed by atoms with Crippen molar-refractivity contribution in [1.29, 1.82) is 10.5 Å². The van der Waals surface area contributed by atoms with E-state index in [4.69, 9.17) is 15.2 Å². The maximum absolute atomic E-state index is 12.1. The average Bonchev–Trinajstić information content (AvgIpc) is 2.48. The summed E-state index contributed by atoms with van der Waals surface area (Å²) in [5.41, 5.74) is 6.39. The molecule has 0 saturated carbocycles. The Morgan fingerprint density at radius 3 is 2.71 bits per heavy atom. The van der Waals surface area contributed by atoms with E-state index in [1.807, 2.05) is 12.1 Å². The van der Waals surface area contributed by atoms with Gasteiger partial charge in [0.05, 0.1) is 24.7 Å². The molecule has 2 rings (SSSR count). The van der Waals surface area contributed by atoms with Crippen LogP contribution in [0.1, 0.15) is 18.4 Å². The van der Waals surface area contributed by atoms with Gasteiger partial charge in [0.1, 0.15) is 17.2 Å². The standard InChI is InChI=1S/C15H13N3O3/c1-2-20-15(19)13-12(9(7-16)8-17)10-5-3-4-6-11(10)21-14(13)18/h3-6,9,12H,2,18H2,1H3/t12-/m0/s1. The Morgan fingerprint density at radius 1 is 1.43 bits per heavy atom. The van der Waals surface area contributed by atoms with Crippen LogP contribution < -0.4 is 10.5 Å². The Bertz CT molecular complexity index is 668. The molecule has 21 heavy (non-hydrogen) atoms. The van der Waals surface area contributed by atoms with Crippen LogP contribution in [0.4, 0.5) is 0 Å². The van der Waals surface area contributed by atoms with Gasteiger partial charge < -0.3 is 15.2 Å². The van der Waals surface area contributed by atoms with Gasteiger partial charge in [-0.3, -0.25) is 0 Å². The first kappa shape index (κ1) is 14.4. The van der Waals surface area contributed by atoms with Crippen molar-refractivity contribution in [3.63, 3.8) is 0 Å². The number of para-hydroxylation sites is 1. The number of nitrogens with zero attached hydrogens (tertiary/aromatic N) is 2. The molecular formula is C15H13N3O3. The Hall–Kier alpha value is -2.99. The summed E-state index contributed by atoms with van der Waals surface area (Å²) >= 11 is 0. The zero-order valence-electron chi connectivity index (χ0n) is 11.4. The van der Waals surface area contributed by atoms with Gasteiger partial charge in [0, 0.05) is 5.56 Å². The van der Waals surface area contributed by atoms with Crippen LogP contribution >= 0.6 is 0 Å². The van der Waals surface area contributed by atoms with E-state index in [0.717, 1.165) is 0 Å². The molecule has 0 unspecified atom stereocenters. The van der Waals surface area contributed by atoms with Crippen molar-refractivity contribution in [3.8, 4) is 17.9 Å². The highest BCUT2D eigenvalue weighted by Crippen LogP contribution is 2.42. The molecule has 0 spiro atoms. The number of hydrogen-bond donors (Lipinski definition) is 1. The fourth-order valence-electron chi connectivity index (χ4n) is 2.27. The van der Waals surface area contributed by atoms with Crippen LogP contribution in [-0.2, 0) is 9.53 Å². The molecule has 6 nitrogen and oxygen atoms in total. The van der Waals surface area contributed by atoms with Gasteiger partial charge in [-0.25, -0.2) is 4.79 Å². The second-order valence-electron chi connectivity index (χ2n) is 4.35. The van der Waals surface area contributed by atoms with Crippen LogP contribution in [0.2, 0.25) is 0 Å². The third kappa shape index (κ3) is 2.52. The quantitative estimate of drug-likeness (QED) is 0.843. The van der Waals surface area contributed by atoms with Crippen molar-refractivity contribution in [2.24, 2.45) is 11.7 Å². The molecule has 0 saturated heterocycles. The molecule has 0 aliphatic carbocycles. The highest BCUT2D eigenvalue weighted by molar-refractivity contribution is 5.92. The molecule has 1 aliphatic rings. The van der Waals surface area contributed by atoms with E-state index in [9.17, 15) is 15.3 Å². The molecule has 6 heteroatoms. The fraction of sp³-hybridized carbons (Fsp3) is 0.267. The highest BCUT2D eigenvalue weighted by atomic mass is 16.5. The number of nitriles is 2. The molecule has 1 aromatic carbocycles. The number of hydrogen-bond acceptors (Lipinski definition) is 6. The Labute approximate surface area is 122 Å². The predicted octanol–water partition coefficient (Wildman–Crippen LogP) is 1.56. The second-order valence-corrected chi connectivity index (χ2v) is 4.35. The Kier molecular flexibility index (Phi) is 4.10. The maximum Gasteiger partial charge on any atom is 0.340 e. The zero-order chi connectivity index (χ0) is 15.4. The van der Waals surface area contributed by atoms with Crippen LogP contribution in [0.25, 0.3) is 0 Å². The molecule has 0 bridgehead atoms. The minimum atomic E-state index is -1.06. The molecule has 0 amide bonds. The second kappa shape index (κ2) is 5.98. The lowest BCUT2D eigenvalue weighted by Crippen LogP contribution is -2.29. The largest absolute Gasteiger partial charge is 0.462 e. The lowest BCUT2D eigenvalue weighted by Gasteiger charge is -2.28. The lowest BCUT2D eigenvalue weighted by atomic mass is 9.80. The van der Waals surface area contributed by atoms with Crippen molar-refractivity contribution in [2.45, 2.75) is 12.8 Å². The first-order valence-electron chi connectivity index (χ1n) is 6.36. The Balaban J connectivity index is 2.59. The summed E-state index contributed by atoms with van der Waals surface area (Å²) in [7, 11) is 0. The number of carbonyl (C=O) groups is 1. The van der Waals surface area contributed by atoms with Gasteiger partial charge >= 0.3 is 5.97 Å². The normalized spacial score (nSPS) is 16.5. The van der Waals surface area contributed by atoms with E-state index in [1.54, 1.807) is 31.2 Å². The third-order valence-corrected chi connectivity index (χ3v) is 3.16. The summed E-state index contributed by atoms with van der Waals surface area (Å²) < 4.78 is 10.4. The SMILES string of the molecule is CCOC(=O)C1=C(N)Oc2ccccc2[C@@H]1C(C#N)C#N. The van der Waals surface area contributed by atoms with Crippen LogP contribution in [0.3, 0.4) is 0 Å². The van der Waals surface area contributed by atoms with Gasteiger partial charge in [-0.05, 0) is 13.0 Å². The van der Waals surface area contributed by atoms with Crippen molar-refractivity contribution < 1.29 is 14.3 Å². The number of rotatable bonds is 3. The zero-order valence-corrected chi connectivity index (χ0v) is 11.4. The van der Waals surface area contributed by atoms with E-state index in [-0.39, 0.29) is 18.1 Å². The summed E-state index contributed by atoms with van der Waals surface area (Å²) in [5.74, 6) is -2.22. The predicted molar refractivity (Wildman–Crippen MR) is 72.4 cm³/mol. The van der Waals surface area contributed by atoms with Crippen LogP contribution in [-0.4, -0.2) is 12.6 Å². The molecule has 1 aliphatic heterocycles. The topological polar surface area (TPSA) is 109 Å². The van der Waals surface area contributed by atoms with Gasteiger partial charge in [-0.2, -0.15) is 10.5 Å². The van der Waals surface area contributed by atoms with Crippen LogP contribution in [0, 0.1) is 28.6 Å². The summed E-state index contributed by atoms with van der Waals surface area (Å²) in [6, 6.07) is 10.6. The van der Waals surface area contributed by atoms with E-state index < -0.39 is 17.8 Å². The molecule has 1 heterocycles. The minimum Gasteiger partial charge on any atom is -0.462 e. The summed E-state index contributed by atoms with van der Waals surface area (Å²) in [6.45, 7) is 1.82. The fourth-order valence-corrected chi connectivity index (χ4v) is 2.27. The average molecular weight is 283 g/mol.